The summed E-state index contributed by atoms with van der Waals surface area (Å²) in [5.41, 5.74) is 0.708. The Balaban J connectivity index is 1.89. The van der Waals surface area contributed by atoms with Crippen LogP contribution in [0, 0.1) is 21.7 Å². The van der Waals surface area contributed by atoms with Gasteiger partial charge in [-0.05, 0) is 29.8 Å². The van der Waals surface area contributed by atoms with Crippen LogP contribution >= 0.6 is 11.3 Å². The number of benzene rings is 2. The summed E-state index contributed by atoms with van der Waals surface area (Å²) in [5, 5.41) is 10.6. The molecule has 3 aromatic rings. The highest BCUT2D eigenvalue weighted by molar-refractivity contribution is 7.16. The Hall–Kier alpha value is -3.20. The van der Waals surface area contributed by atoms with Crippen molar-refractivity contribution in [3.63, 3.8) is 0 Å². The maximum absolute atomic E-state index is 13.9. The number of halogens is 2. The first-order valence-corrected chi connectivity index (χ1v) is 8.12. The molecule has 6 nitrogen and oxygen atoms in total. The molecule has 0 unspecified atom stereocenters. The van der Waals surface area contributed by atoms with Crippen molar-refractivity contribution in [1.82, 2.24) is 4.57 Å². The van der Waals surface area contributed by atoms with Gasteiger partial charge >= 0.3 is 0 Å². The number of aromatic nitrogens is 1. The zero-order valence-electron chi connectivity index (χ0n) is 13.3. The SMILES string of the molecule is Cn1c(=NC(=O)/C=C/c2ccc([N+](=O)[O-])cc2)sc2cc(F)cc(F)c21. The summed E-state index contributed by atoms with van der Waals surface area (Å²) in [6.45, 7) is 0. The zero-order valence-corrected chi connectivity index (χ0v) is 14.2. The summed E-state index contributed by atoms with van der Waals surface area (Å²) in [4.78, 5) is 26.2. The number of non-ortho nitro benzene ring substituents is 1. The standard InChI is InChI=1S/C17H11F2N3O3S/c1-21-16-13(19)8-11(18)9-14(16)26-17(21)20-15(23)7-4-10-2-5-12(6-3-10)22(24)25/h2-9H,1H3/b7-4+,20-17?. The van der Waals surface area contributed by atoms with E-state index in [4.69, 9.17) is 0 Å². The Labute approximate surface area is 149 Å². The van der Waals surface area contributed by atoms with E-state index in [-0.39, 0.29) is 16.0 Å². The second-order valence-electron chi connectivity index (χ2n) is 5.31. The highest BCUT2D eigenvalue weighted by Crippen LogP contribution is 2.21. The van der Waals surface area contributed by atoms with Gasteiger partial charge < -0.3 is 4.57 Å². The quantitative estimate of drug-likeness (QED) is 0.399. The van der Waals surface area contributed by atoms with Gasteiger partial charge in [-0.1, -0.05) is 11.3 Å². The van der Waals surface area contributed by atoms with Crippen LogP contribution in [0.25, 0.3) is 16.3 Å². The molecule has 0 bridgehead atoms. The third-order valence-electron chi connectivity index (χ3n) is 3.54. The molecule has 9 heteroatoms. The van der Waals surface area contributed by atoms with E-state index >= 15 is 0 Å². The molecule has 1 amide bonds. The molecule has 132 valence electrons. The maximum Gasteiger partial charge on any atom is 0.272 e. The predicted octanol–water partition coefficient (Wildman–Crippen LogP) is 3.57. The van der Waals surface area contributed by atoms with Crippen LogP contribution in [-0.4, -0.2) is 15.4 Å². The van der Waals surface area contributed by atoms with E-state index in [1.54, 1.807) is 0 Å². The van der Waals surface area contributed by atoms with Crippen LogP contribution in [0.15, 0.2) is 47.5 Å². The Kier molecular flexibility index (Phi) is 4.72. The molecule has 1 heterocycles. The number of aryl methyl sites for hydroxylation is 1. The van der Waals surface area contributed by atoms with Crippen LogP contribution in [0.3, 0.4) is 0 Å². The highest BCUT2D eigenvalue weighted by atomic mass is 32.1. The molecule has 0 saturated heterocycles. The van der Waals surface area contributed by atoms with Crippen molar-refractivity contribution in [2.45, 2.75) is 0 Å². The Morgan fingerprint density at radius 2 is 1.96 bits per heavy atom. The van der Waals surface area contributed by atoms with Gasteiger partial charge in [0.15, 0.2) is 10.6 Å². The van der Waals surface area contributed by atoms with E-state index in [1.165, 1.54) is 54.1 Å². The van der Waals surface area contributed by atoms with E-state index in [0.717, 1.165) is 17.4 Å². The Morgan fingerprint density at radius 1 is 1.27 bits per heavy atom. The van der Waals surface area contributed by atoms with E-state index in [2.05, 4.69) is 4.99 Å². The summed E-state index contributed by atoms with van der Waals surface area (Å²) in [5.74, 6) is -2.02. The summed E-state index contributed by atoms with van der Waals surface area (Å²) in [6, 6.07) is 7.60. The lowest BCUT2D eigenvalue weighted by Crippen LogP contribution is -2.12. The second kappa shape index (κ2) is 6.96. The van der Waals surface area contributed by atoms with Gasteiger partial charge in [-0.3, -0.25) is 14.9 Å². The Bertz CT molecular complexity index is 1110. The van der Waals surface area contributed by atoms with Gasteiger partial charge in [-0.25, -0.2) is 8.78 Å². The number of hydrogen-bond donors (Lipinski definition) is 0. The molecule has 3 rings (SSSR count). The third-order valence-corrected chi connectivity index (χ3v) is 4.62. The minimum atomic E-state index is -0.728. The normalized spacial score (nSPS) is 12.2. The number of fused-ring (bicyclic) bond motifs is 1. The minimum absolute atomic E-state index is 0.0512. The largest absolute Gasteiger partial charge is 0.317 e. The summed E-state index contributed by atoms with van der Waals surface area (Å²) in [6.07, 6.45) is 2.66. The van der Waals surface area contributed by atoms with Crippen LogP contribution in [0.2, 0.25) is 0 Å². The molecule has 0 aliphatic carbocycles. The molecule has 0 spiro atoms. The number of nitro groups is 1. The number of nitro benzene ring substituents is 1. The zero-order chi connectivity index (χ0) is 18.8. The average Bonchev–Trinajstić information content (AvgIpc) is 2.89. The van der Waals surface area contributed by atoms with Gasteiger partial charge in [-0.2, -0.15) is 4.99 Å². The van der Waals surface area contributed by atoms with E-state index < -0.39 is 22.5 Å². The predicted molar refractivity (Wildman–Crippen MR) is 93.4 cm³/mol. The van der Waals surface area contributed by atoms with Crippen molar-refractivity contribution in [3.8, 4) is 0 Å². The molecule has 2 aromatic carbocycles. The second-order valence-corrected chi connectivity index (χ2v) is 6.32. The molecule has 0 atom stereocenters. The average molecular weight is 375 g/mol. The van der Waals surface area contributed by atoms with Crippen molar-refractivity contribution in [2.24, 2.45) is 12.0 Å². The fourth-order valence-electron chi connectivity index (χ4n) is 2.31. The van der Waals surface area contributed by atoms with Crippen molar-refractivity contribution < 1.29 is 18.5 Å². The smallest absolute Gasteiger partial charge is 0.272 e. The first-order chi connectivity index (χ1) is 12.3. The Morgan fingerprint density at radius 3 is 2.62 bits per heavy atom. The lowest BCUT2D eigenvalue weighted by atomic mass is 10.2. The number of carbonyl (C=O) groups excluding carboxylic acids is 1. The lowest BCUT2D eigenvalue weighted by Gasteiger charge is -1.97. The van der Waals surface area contributed by atoms with Gasteiger partial charge in [0.25, 0.3) is 11.6 Å². The van der Waals surface area contributed by atoms with Crippen molar-refractivity contribution in [2.75, 3.05) is 0 Å². The van der Waals surface area contributed by atoms with Crippen molar-refractivity contribution >= 4 is 39.2 Å². The first-order valence-electron chi connectivity index (χ1n) is 7.31. The molecule has 26 heavy (non-hydrogen) atoms. The molecule has 0 fully saturated rings. The first kappa shape index (κ1) is 17.6. The summed E-state index contributed by atoms with van der Waals surface area (Å²) < 4.78 is 28.9. The summed E-state index contributed by atoms with van der Waals surface area (Å²) in [7, 11) is 1.53. The maximum atomic E-state index is 13.9. The number of rotatable bonds is 3. The number of nitrogens with zero attached hydrogens (tertiary/aromatic N) is 3. The molecule has 1 aromatic heterocycles. The topological polar surface area (TPSA) is 77.5 Å². The van der Waals surface area contributed by atoms with Crippen molar-refractivity contribution in [1.29, 1.82) is 0 Å². The van der Waals surface area contributed by atoms with E-state index in [0.29, 0.717) is 10.3 Å². The molecule has 0 aliphatic heterocycles. The van der Waals surface area contributed by atoms with E-state index in [9.17, 15) is 23.7 Å². The van der Waals surface area contributed by atoms with Crippen LogP contribution in [0.4, 0.5) is 14.5 Å². The van der Waals surface area contributed by atoms with Crippen molar-refractivity contribution in [3.05, 3.63) is 74.6 Å². The van der Waals surface area contributed by atoms with Crippen LogP contribution < -0.4 is 4.80 Å². The van der Waals surface area contributed by atoms with Gasteiger partial charge in [0.05, 0.1) is 15.1 Å². The van der Waals surface area contributed by atoms with Gasteiger partial charge in [0, 0.05) is 31.3 Å². The van der Waals surface area contributed by atoms with Crippen LogP contribution in [-0.2, 0) is 11.8 Å². The summed E-state index contributed by atoms with van der Waals surface area (Å²) >= 11 is 0.994. The van der Waals surface area contributed by atoms with Crippen LogP contribution in [0.5, 0.6) is 0 Å². The minimum Gasteiger partial charge on any atom is -0.317 e. The monoisotopic (exact) mass is 375 g/mol. The molecular formula is C17H11F2N3O3S. The van der Waals surface area contributed by atoms with Gasteiger partial charge in [0.1, 0.15) is 5.82 Å². The lowest BCUT2D eigenvalue weighted by molar-refractivity contribution is -0.384. The molecular weight excluding hydrogens is 364 g/mol. The molecule has 0 radical (unpaired) electrons. The third kappa shape index (κ3) is 3.57. The molecule has 0 aliphatic rings. The van der Waals surface area contributed by atoms with Gasteiger partial charge in [0.2, 0.25) is 0 Å². The van der Waals surface area contributed by atoms with Crippen LogP contribution in [0.1, 0.15) is 5.56 Å². The van der Waals surface area contributed by atoms with Gasteiger partial charge in [-0.15, -0.1) is 0 Å². The number of carbonyl (C=O) groups is 1. The number of thiazole rings is 1. The fourth-order valence-corrected chi connectivity index (χ4v) is 3.38. The molecule has 0 saturated carbocycles. The molecule has 0 N–H and O–H groups in total. The fraction of sp³-hybridized carbons (Fsp3) is 0.0588. The number of hydrogen-bond acceptors (Lipinski definition) is 4. The van der Waals surface area contributed by atoms with E-state index in [1.807, 2.05) is 0 Å². The number of amides is 1. The highest BCUT2D eigenvalue weighted by Gasteiger charge is 2.11.